The average Bonchev–Trinajstić information content (AvgIpc) is 2.78. The van der Waals surface area contributed by atoms with Gasteiger partial charge in [0.2, 0.25) is 5.95 Å². The first kappa shape index (κ1) is 10.8. The van der Waals surface area contributed by atoms with Crippen molar-refractivity contribution in [2.45, 2.75) is 32.1 Å². The van der Waals surface area contributed by atoms with Gasteiger partial charge in [-0.3, -0.25) is 0 Å². The fourth-order valence-corrected chi connectivity index (χ4v) is 3.46. The molecule has 4 nitrogen and oxygen atoms in total. The number of anilines is 1. The third-order valence-corrected chi connectivity index (χ3v) is 4.50. The maximum absolute atomic E-state index is 5.72. The zero-order chi connectivity index (χ0) is 11.8. The molecule has 0 saturated carbocycles. The third kappa shape index (κ3) is 1.95. The number of hydrogen-bond acceptors (Lipinski definition) is 4. The Balaban J connectivity index is 1.99. The number of rotatable bonds is 1. The normalized spacial score (nSPS) is 15.6. The Morgan fingerprint density at radius 2 is 2.12 bits per heavy atom. The number of thiophene rings is 1. The van der Waals surface area contributed by atoms with Gasteiger partial charge in [0, 0.05) is 11.9 Å². The van der Waals surface area contributed by atoms with Crippen molar-refractivity contribution in [2.24, 2.45) is 7.05 Å². The molecule has 17 heavy (non-hydrogen) atoms. The molecule has 1 aliphatic rings. The minimum absolute atomic E-state index is 0.476. The van der Waals surface area contributed by atoms with Crippen LogP contribution in [0.5, 0.6) is 0 Å². The molecule has 0 atom stereocenters. The van der Waals surface area contributed by atoms with Gasteiger partial charge >= 0.3 is 0 Å². The molecule has 0 bridgehead atoms. The monoisotopic (exact) mass is 248 g/mol. The summed E-state index contributed by atoms with van der Waals surface area (Å²) in [7, 11) is 1.82. The van der Waals surface area contributed by atoms with E-state index in [4.69, 9.17) is 5.73 Å². The molecule has 0 unspecified atom stereocenters. The van der Waals surface area contributed by atoms with Crippen molar-refractivity contribution in [3.63, 3.8) is 0 Å². The Labute approximate surface area is 104 Å². The molecule has 2 aromatic heterocycles. The molecule has 2 N–H and O–H groups in total. The predicted octanol–water partition coefficient (Wildman–Crippen LogP) is 2.39. The van der Waals surface area contributed by atoms with Crippen LogP contribution in [0, 0.1) is 0 Å². The van der Waals surface area contributed by atoms with Crippen LogP contribution < -0.4 is 5.73 Å². The first-order valence-electron chi connectivity index (χ1n) is 6.02. The summed E-state index contributed by atoms with van der Waals surface area (Å²) in [5.74, 6) is 1.24. The molecule has 3 rings (SSSR count). The Kier molecular flexibility index (Phi) is 2.63. The smallest absolute Gasteiger partial charge is 0.218 e. The highest BCUT2D eigenvalue weighted by atomic mass is 32.1. The van der Waals surface area contributed by atoms with Crippen LogP contribution in [0.15, 0.2) is 6.07 Å². The molecule has 0 spiro atoms. The number of hydrogen-bond donors (Lipinski definition) is 1. The first-order chi connectivity index (χ1) is 8.24. The van der Waals surface area contributed by atoms with Gasteiger partial charge in [-0.15, -0.1) is 16.4 Å². The lowest BCUT2D eigenvalue weighted by atomic mass is 10.1. The molecular formula is C12H16N4S. The summed E-state index contributed by atoms with van der Waals surface area (Å²) in [6.07, 6.45) is 6.38. The fraction of sp³-hybridized carbons (Fsp3) is 0.500. The Bertz CT molecular complexity index is 498. The molecule has 2 aromatic rings. The molecular weight excluding hydrogens is 232 g/mol. The van der Waals surface area contributed by atoms with Crippen molar-refractivity contribution in [2.75, 3.05) is 5.73 Å². The van der Waals surface area contributed by atoms with Crippen molar-refractivity contribution in [1.29, 1.82) is 0 Å². The molecule has 5 heteroatoms. The van der Waals surface area contributed by atoms with Gasteiger partial charge in [-0.25, -0.2) is 4.68 Å². The lowest BCUT2D eigenvalue weighted by Gasteiger charge is -1.92. The summed E-state index contributed by atoms with van der Waals surface area (Å²) in [4.78, 5) is 6.96. The fourth-order valence-electron chi connectivity index (χ4n) is 2.28. The van der Waals surface area contributed by atoms with E-state index in [0.717, 1.165) is 10.7 Å². The van der Waals surface area contributed by atoms with Crippen LogP contribution in [0.1, 0.15) is 29.7 Å². The number of aryl methyl sites for hydroxylation is 3. The maximum Gasteiger partial charge on any atom is 0.218 e. The largest absolute Gasteiger partial charge is 0.368 e. The molecule has 0 amide bonds. The lowest BCUT2D eigenvalue weighted by Crippen LogP contribution is -1.97. The summed E-state index contributed by atoms with van der Waals surface area (Å²) < 4.78 is 1.63. The van der Waals surface area contributed by atoms with Crippen molar-refractivity contribution in [3.8, 4) is 10.7 Å². The zero-order valence-corrected chi connectivity index (χ0v) is 10.8. The van der Waals surface area contributed by atoms with Crippen LogP contribution in [0.25, 0.3) is 10.7 Å². The van der Waals surface area contributed by atoms with E-state index in [2.05, 4.69) is 16.1 Å². The van der Waals surface area contributed by atoms with E-state index in [1.807, 2.05) is 18.4 Å². The van der Waals surface area contributed by atoms with Crippen LogP contribution in [0.2, 0.25) is 0 Å². The number of nitrogen functional groups attached to an aromatic ring is 1. The number of aromatic nitrogens is 3. The van der Waals surface area contributed by atoms with E-state index in [0.29, 0.717) is 5.95 Å². The van der Waals surface area contributed by atoms with Crippen molar-refractivity contribution >= 4 is 17.3 Å². The Morgan fingerprint density at radius 3 is 2.88 bits per heavy atom. The molecule has 0 radical (unpaired) electrons. The maximum atomic E-state index is 5.72. The summed E-state index contributed by atoms with van der Waals surface area (Å²) >= 11 is 1.83. The molecule has 0 saturated heterocycles. The number of nitrogens with zero attached hydrogens (tertiary/aromatic N) is 3. The van der Waals surface area contributed by atoms with Crippen molar-refractivity contribution in [3.05, 3.63) is 16.5 Å². The van der Waals surface area contributed by atoms with Crippen LogP contribution >= 0.6 is 11.3 Å². The van der Waals surface area contributed by atoms with E-state index < -0.39 is 0 Å². The molecule has 0 aliphatic heterocycles. The predicted molar refractivity (Wildman–Crippen MR) is 70.0 cm³/mol. The van der Waals surface area contributed by atoms with Gasteiger partial charge in [-0.05, 0) is 37.3 Å². The van der Waals surface area contributed by atoms with E-state index in [1.165, 1.54) is 42.5 Å². The van der Waals surface area contributed by atoms with Gasteiger partial charge in [-0.1, -0.05) is 6.42 Å². The highest BCUT2D eigenvalue weighted by molar-refractivity contribution is 7.15. The van der Waals surface area contributed by atoms with Crippen LogP contribution in [0.4, 0.5) is 5.95 Å². The van der Waals surface area contributed by atoms with Crippen LogP contribution in [-0.2, 0) is 19.9 Å². The molecule has 0 aromatic carbocycles. The van der Waals surface area contributed by atoms with Crippen LogP contribution in [-0.4, -0.2) is 14.8 Å². The van der Waals surface area contributed by atoms with Crippen LogP contribution in [0.3, 0.4) is 0 Å². The van der Waals surface area contributed by atoms with E-state index in [9.17, 15) is 0 Å². The van der Waals surface area contributed by atoms with Gasteiger partial charge in [0.1, 0.15) is 0 Å². The van der Waals surface area contributed by atoms with Crippen molar-refractivity contribution < 1.29 is 0 Å². The topological polar surface area (TPSA) is 56.7 Å². The van der Waals surface area contributed by atoms with Gasteiger partial charge < -0.3 is 5.73 Å². The average molecular weight is 248 g/mol. The quantitative estimate of drug-likeness (QED) is 0.788. The second-order valence-electron chi connectivity index (χ2n) is 4.54. The summed E-state index contributed by atoms with van der Waals surface area (Å²) in [5, 5.41) is 4.34. The minimum Gasteiger partial charge on any atom is -0.368 e. The minimum atomic E-state index is 0.476. The van der Waals surface area contributed by atoms with Gasteiger partial charge in [0.25, 0.3) is 0 Å². The Morgan fingerprint density at radius 1 is 1.29 bits per heavy atom. The SMILES string of the molecule is Cn1nc(-c2cc3c(s2)CCCCC3)nc1N. The zero-order valence-electron chi connectivity index (χ0n) is 9.94. The Hall–Kier alpha value is -1.36. The third-order valence-electron chi connectivity index (χ3n) is 3.26. The van der Waals surface area contributed by atoms with Gasteiger partial charge in [0.15, 0.2) is 5.82 Å². The number of nitrogens with two attached hydrogens (primary N) is 1. The standard InChI is InChI=1S/C12H16N4S/c1-16-12(13)14-11(15-16)10-7-8-5-3-2-4-6-9(8)17-10/h7H,2-6H2,1H3,(H2,13,14,15). The van der Waals surface area contributed by atoms with Crippen molar-refractivity contribution in [1.82, 2.24) is 14.8 Å². The number of fused-ring (bicyclic) bond motifs is 1. The van der Waals surface area contributed by atoms with E-state index in [1.54, 1.807) is 4.68 Å². The highest BCUT2D eigenvalue weighted by Crippen LogP contribution is 2.33. The summed E-state index contributed by atoms with van der Waals surface area (Å²) in [6, 6.07) is 2.25. The van der Waals surface area contributed by atoms with Gasteiger partial charge in [-0.2, -0.15) is 4.98 Å². The summed E-state index contributed by atoms with van der Waals surface area (Å²) in [6.45, 7) is 0. The highest BCUT2D eigenvalue weighted by Gasteiger charge is 2.16. The van der Waals surface area contributed by atoms with Gasteiger partial charge in [0.05, 0.1) is 4.88 Å². The second-order valence-corrected chi connectivity index (χ2v) is 5.67. The first-order valence-corrected chi connectivity index (χ1v) is 6.84. The second kappa shape index (κ2) is 4.14. The molecule has 0 fully saturated rings. The molecule has 90 valence electrons. The molecule has 1 aliphatic carbocycles. The van der Waals surface area contributed by atoms with E-state index in [-0.39, 0.29) is 0 Å². The molecule has 2 heterocycles. The lowest BCUT2D eigenvalue weighted by molar-refractivity contribution is 0.712. The van der Waals surface area contributed by atoms with E-state index >= 15 is 0 Å². The summed E-state index contributed by atoms with van der Waals surface area (Å²) in [5.41, 5.74) is 7.21.